The van der Waals surface area contributed by atoms with Crippen LogP contribution in [-0.2, 0) is 31.6 Å². The predicted octanol–water partition coefficient (Wildman–Crippen LogP) is -4.50. The van der Waals surface area contributed by atoms with Crippen molar-refractivity contribution in [3.8, 4) is 0 Å². The van der Waals surface area contributed by atoms with Crippen LogP contribution in [0.5, 0.6) is 0 Å². The number of hydrogen-bond donors (Lipinski definition) is 5. The van der Waals surface area contributed by atoms with E-state index in [1.54, 1.807) is 22.6 Å². The Balaban J connectivity index is 0.00000450. The van der Waals surface area contributed by atoms with Gasteiger partial charge in [0.1, 0.15) is 6.23 Å². The Morgan fingerprint density at radius 2 is 1.80 bits per heavy atom. The van der Waals surface area contributed by atoms with E-state index in [1.165, 1.54) is 0 Å². The molecule has 2 unspecified atom stereocenters. The van der Waals surface area contributed by atoms with Crippen LogP contribution >= 0.6 is 46.1 Å². The van der Waals surface area contributed by atoms with Gasteiger partial charge in [0.25, 0.3) is 5.56 Å². The summed E-state index contributed by atoms with van der Waals surface area (Å²) in [5, 5.41) is 12.1. The first-order valence-electron chi connectivity index (χ1n) is 7.19. The van der Waals surface area contributed by atoms with Crippen LogP contribution in [0.4, 0.5) is 0 Å². The number of nitrogens with one attached hydrogen (secondary N) is 1. The van der Waals surface area contributed by atoms with E-state index >= 15 is 0 Å². The third-order valence-corrected chi connectivity index (χ3v) is 7.80. The van der Waals surface area contributed by atoms with Crippen LogP contribution in [0.25, 0.3) is 0 Å². The standard InChI is InChI=1S/C9H13IN2O14P3.Na/c10-4-2-12(9(15)11-8(4)14)7-1-5(13)6(24-7)3-23-28(19,20)26-29(21,22)25-27(16,17)18;/h2,5-7H,1,3H2,(H,19,20)(H,21,22)(H,11,14,15)(H2,16,17,18);/q-1;+1/t5-,6+,7+;/m0./s1. The van der Waals surface area contributed by atoms with Crippen LogP contribution < -0.4 is 45.9 Å². The number of rotatable bonds is 8. The van der Waals surface area contributed by atoms with E-state index in [4.69, 9.17) is 19.4 Å². The molecule has 1 aliphatic heterocycles. The zero-order valence-corrected chi connectivity index (χ0v) is 21.6. The van der Waals surface area contributed by atoms with Crippen LogP contribution in [0.1, 0.15) is 12.6 Å². The van der Waals surface area contributed by atoms with Crippen molar-refractivity contribution < 1.29 is 85.8 Å². The summed E-state index contributed by atoms with van der Waals surface area (Å²) < 4.78 is 51.2. The summed E-state index contributed by atoms with van der Waals surface area (Å²) in [6.45, 7) is -0.941. The van der Waals surface area contributed by atoms with Crippen molar-refractivity contribution in [2.24, 2.45) is 0 Å². The molecule has 5 N–H and O–H groups in total. The Morgan fingerprint density at radius 3 is 2.37 bits per heavy atom. The summed E-state index contributed by atoms with van der Waals surface area (Å²) in [5.41, 5.74) is -1.51. The second-order valence-corrected chi connectivity index (χ2v) is 11.0. The first kappa shape index (κ1) is 28.8. The van der Waals surface area contributed by atoms with E-state index in [0.717, 1.165) is 10.8 Å². The van der Waals surface area contributed by atoms with E-state index in [1.807, 2.05) is 4.98 Å². The quantitative estimate of drug-likeness (QED) is 0.105. The van der Waals surface area contributed by atoms with Crippen LogP contribution in [0, 0.1) is 3.57 Å². The van der Waals surface area contributed by atoms with Crippen molar-refractivity contribution in [1.82, 2.24) is 9.55 Å². The van der Waals surface area contributed by atoms with Gasteiger partial charge in [-0.15, -0.1) is 0 Å². The van der Waals surface area contributed by atoms with Gasteiger partial charge in [0.05, 0.1) is 16.3 Å². The molecule has 30 heavy (non-hydrogen) atoms. The molecule has 5 atom stereocenters. The molecule has 0 aromatic carbocycles. The van der Waals surface area contributed by atoms with Gasteiger partial charge in [0, 0.05) is 6.20 Å². The Hall–Kier alpha value is 0.740. The second-order valence-electron chi connectivity index (χ2n) is 5.43. The molecule has 1 aromatic rings. The molecule has 1 aliphatic rings. The minimum atomic E-state index is -5.69. The van der Waals surface area contributed by atoms with Gasteiger partial charge in [-0.1, -0.05) is 6.10 Å². The number of halogens is 1. The third kappa shape index (κ3) is 8.59. The van der Waals surface area contributed by atoms with Gasteiger partial charge in [-0.3, -0.25) is 18.9 Å². The van der Waals surface area contributed by atoms with Crippen molar-refractivity contribution in [1.29, 1.82) is 0 Å². The molecular weight excluding hydrogens is 603 g/mol. The molecule has 1 saturated heterocycles. The van der Waals surface area contributed by atoms with E-state index < -0.39 is 59.8 Å². The molecule has 21 heteroatoms. The molecular formula is C9H13IN2NaO14P3. The van der Waals surface area contributed by atoms with Gasteiger partial charge >= 0.3 is 58.7 Å². The summed E-state index contributed by atoms with van der Waals surface area (Å²) in [6.07, 6.45) is -3.26. The topological polar surface area (TPSA) is 247 Å². The van der Waals surface area contributed by atoms with E-state index in [-0.39, 0.29) is 39.5 Å². The molecule has 0 radical (unpaired) electrons. The number of H-pyrrole nitrogens is 1. The van der Waals surface area contributed by atoms with Crippen LogP contribution in [0.15, 0.2) is 15.8 Å². The minimum Gasteiger partial charge on any atom is -0.850 e. The SMILES string of the molecule is O=c1[nH]c(=O)n([C@H]2C[C@H]([O-])[C@@H](COP(=O)(O)OP(=O)(O)OP(=O)(O)O)O2)cc1I.[Na+]. The van der Waals surface area contributed by atoms with Gasteiger partial charge in [-0.05, 0) is 29.0 Å². The molecule has 0 amide bonds. The molecule has 0 bridgehead atoms. The van der Waals surface area contributed by atoms with Crippen molar-refractivity contribution in [2.75, 3.05) is 6.61 Å². The van der Waals surface area contributed by atoms with Crippen LogP contribution in [0.3, 0.4) is 0 Å². The minimum absolute atomic E-state index is 0. The van der Waals surface area contributed by atoms with Gasteiger partial charge in [-0.25, -0.2) is 18.5 Å². The molecule has 166 valence electrons. The van der Waals surface area contributed by atoms with E-state index in [9.17, 15) is 33.3 Å². The monoisotopic (exact) mass is 616 g/mol. The number of aromatic amines is 1. The Kier molecular flexibility index (Phi) is 10.3. The van der Waals surface area contributed by atoms with E-state index in [2.05, 4.69) is 13.1 Å². The number of aromatic nitrogens is 2. The maximum absolute atomic E-state index is 12.1. The zero-order valence-electron chi connectivity index (χ0n) is 14.8. The van der Waals surface area contributed by atoms with Crippen LogP contribution in [0.2, 0.25) is 0 Å². The van der Waals surface area contributed by atoms with Gasteiger partial charge < -0.3 is 29.4 Å². The Morgan fingerprint density at radius 1 is 1.20 bits per heavy atom. The van der Waals surface area contributed by atoms with Crippen molar-refractivity contribution >= 4 is 46.1 Å². The average molecular weight is 616 g/mol. The fourth-order valence-electron chi connectivity index (χ4n) is 2.17. The zero-order chi connectivity index (χ0) is 22.2. The number of phosphoric acid groups is 3. The van der Waals surface area contributed by atoms with E-state index in [0.29, 0.717) is 0 Å². The van der Waals surface area contributed by atoms with Crippen molar-refractivity contribution in [3.63, 3.8) is 0 Å². The number of nitrogens with zero attached hydrogens (tertiary/aromatic N) is 1. The molecule has 2 heterocycles. The fraction of sp³-hybridized carbons (Fsp3) is 0.556. The van der Waals surface area contributed by atoms with Gasteiger partial charge in [-0.2, -0.15) is 8.62 Å². The second kappa shape index (κ2) is 10.8. The molecule has 0 aliphatic carbocycles. The number of hydrogen-bond acceptors (Lipinski definition) is 10. The van der Waals surface area contributed by atoms with Gasteiger partial charge in [0.15, 0.2) is 0 Å². The largest absolute Gasteiger partial charge is 1.00 e. The first-order valence-corrected chi connectivity index (χ1v) is 12.8. The molecule has 1 aromatic heterocycles. The predicted molar refractivity (Wildman–Crippen MR) is 96.2 cm³/mol. The number of phosphoric ester groups is 1. The summed E-state index contributed by atoms with van der Waals surface area (Å²) in [4.78, 5) is 60.5. The van der Waals surface area contributed by atoms with Crippen LogP contribution in [-0.4, -0.2) is 47.9 Å². The number of ether oxygens (including phenoxy) is 1. The summed E-state index contributed by atoms with van der Waals surface area (Å²) >= 11 is 1.65. The smallest absolute Gasteiger partial charge is 0.850 e. The van der Waals surface area contributed by atoms with Crippen molar-refractivity contribution in [3.05, 3.63) is 30.6 Å². The Bertz CT molecular complexity index is 1020. The van der Waals surface area contributed by atoms with Crippen molar-refractivity contribution in [2.45, 2.75) is 24.9 Å². The van der Waals surface area contributed by atoms with Gasteiger partial charge in [0.2, 0.25) is 0 Å². The molecule has 0 saturated carbocycles. The molecule has 2 rings (SSSR count). The summed E-state index contributed by atoms with van der Waals surface area (Å²) in [7, 11) is -16.6. The molecule has 0 spiro atoms. The normalized spacial score (nSPS) is 25.9. The Labute approximate surface area is 202 Å². The molecule has 16 nitrogen and oxygen atoms in total. The molecule has 1 fully saturated rings. The first-order chi connectivity index (χ1) is 13.1. The summed E-state index contributed by atoms with van der Waals surface area (Å²) in [6, 6.07) is 0. The fourth-order valence-corrected chi connectivity index (χ4v) is 5.63. The third-order valence-electron chi connectivity index (χ3n) is 3.23. The maximum Gasteiger partial charge on any atom is 1.00 e. The summed E-state index contributed by atoms with van der Waals surface area (Å²) in [5.74, 6) is 0. The average Bonchev–Trinajstić information content (AvgIpc) is 2.86. The maximum atomic E-state index is 12.1.